The van der Waals surface area contributed by atoms with Crippen LogP contribution in [0.25, 0.3) is 0 Å². The van der Waals surface area contributed by atoms with Crippen LogP contribution in [-0.4, -0.2) is 27.7 Å². The average molecular weight is 253 g/mol. The minimum Gasteiger partial charge on any atom is -0.391 e. The first-order valence-corrected chi connectivity index (χ1v) is 6.26. The number of aromatic nitrogens is 2. The van der Waals surface area contributed by atoms with Crippen molar-refractivity contribution in [3.8, 4) is 0 Å². The van der Waals surface area contributed by atoms with Gasteiger partial charge in [0, 0.05) is 18.0 Å². The van der Waals surface area contributed by atoms with Gasteiger partial charge >= 0.3 is 0 Å². The lowest BCUT2D eigenvalue weighted by Crippen LogP contribution is -2.21. The van der Waals surface area contributed by atoms with E-state index < -0.39 is 0 Å². The first-order chi connectivity index (χ1) is 8.49. The molecule has 6 heteroatoms. The summed E-state index contributed by atoms with van der Waals surface area (Å²) in [5.74, 6) is 7.72. The molecule has 0 radical (unpaired) electrons. The second-order valence-electron chi connectivity index (χ2n) is 4.65. The summed E-state index contributed by atoms with van der Waals surface area (Å²) < 4.78 is 0. The van der Waals surface area contributed by atoms with E-state index in [1.165, 1.54) is 0 Å². The van der Waals surface area contributed by atoms with Gasteiger partial charge in [0.1, 0.15) is 17.5 Å². The monoisotopic (exact) mass is 253 g/mol. The van der Waals surface area contributed by atoms with Crippen LogP contribution in [0.1, 0.15) is 44.5 Å². The van der Waals surface area contributed by atoms with E-state index in [1.54, 1.807) is 0 Å². The van der Waals surface area contributed by atoms with Gasteiger partial charge in [-0.05, 0) is 13.3 Å². The van der Waals surface area contributed by atoms with Crippen molar-refractivity contribution >= 4 is 11.6 Å². The van der Waals surface area contributed by atoms with E-state index in [4.69, 9.17) is 5.84 Å². The van der Waals surface area contributed by atoms with Gasteiger partial charge in [-0.15, -0.1) is 0 Å². The van der Waals surface area contributed by atoms with Gasteiger partial charge in [-0.1, -0.05) is 20.8 Å². The molecule has 1 aromatic heterocycles. The lowest BCUT2D eigenvalue weighted by atomic mass is 10.2. The predicted molar refractivity (Wildman–Crippen MR) is 73.5 cm³/mol. The molecule has 0 aliphatic heterocycles. The third-order valence-corrected chi connectivity index (χ3v) is 2.79. The molecule has 0 saturated heterocycles. The number of nitrogens with two attached hydrogens (primary N) is 1. The van der Waals surface area contributed by atoms with Gasteiger partial charge in [-0.3, -0.25) is 0 Å². The fourth-order valence-corrected chi connectivity index (χ4v) is 1.46. The highest BCUT2D eigenvalue weighted by Gasteiger charge is 2.13. The standard InChI is InChI=1S/C12H23N5O/c1-5-9(18)6-14-11-8(4)12(17-13)16-10(15-11)7(2)3/h7,9,18H,5-6,13H2,1-4H3,(H2,14,15,16,17). The Morgan fingerprint density at radius 3 is 2.39 bits per heavy atom. The number of nitrogens with one attached hydrogen (secondary N) is 2. The molecule has 0 spiro atoms. The molecule has 102 valence electrons. The third kappa shape index (κ3) is 3.54. The van der Waals surface area contributed by atoms with Gasteiger partial charge in [0.2, 0.25) is 0 Å². The molecule has 1 unspecified atom stereocenters. The number of hydrazine groups is 1. The highest BCUT2D eigenvalue weighted by Crippen LogP contribution is 2.22. The Morgan fingerprint density at radius 2 is 1.89 bits per heavy atom. The highest BCUT2D eigenvalue weighted by molar-refractivity contribution is 5.56. The van der Waals surface area contributed by atoms with Crippen LogP contribution in [0.3, 0.4) is 0 Å². The minimum atomic E-state index is -0.379. The molecule has 0 aromatic carbocycles. The van der Waals surface area contributed by atoms with Crippen LogP contribution in [0.4, 0.5) is 11.6 Å². The summed E-state index contributed by atoms with van der Waals surface area (Å²) in [5.41, 5.74) is 3.43. The molecular weight excluding hydrogens is 230 g/mol. The Morgan fingerprint density at radius 1 is 1.28 bits per heavy atom. The van der Waals surface area contributed by atoms with Crippen molar-refractivity contribution in [2.24, 2.45) is 5.84 Å². The fourth-order valence-electron chi connectivity index (χ4n) is 1.46. The number of anilines is 2. The summed E-state index contributed by atoms with van der Waals surface area (Å²) in [6.07, 6.45) is 0.326. The van der Waals surface area contributed by atoms with Crippen molar-refractivity contribution in [3.05, 3.63) is 11.4 Å². The molecule has 1 atom stereocenters. The van der Waals surface area contributed by atoms with Crippen molar-refractivity contribution in [2.75, 3.05) is 17.3 Å². The maximum atomic E-state index is 9.57. The predicted octanol–water partition coefficient (Wildman–Crippen LogP) is 1.38. The Kier molecular flexibility index (Phi) is 5.30. The fraction of sp³-hybridized carbons (Fsp3) is 0.667. The molecule has 0 fully saturated rings. The van der Waals surface area contributed by atoms with Crippen LogP contribution in [0.15, 0.2) is 0 Å². The molecular formula is C12H23N5O. The summed E-state index contributed by atoms with van der Waals surface area (Å²) in [6, 6.07) is 0. The second-order valence-corrected chi connectivity index (χ2v) is 4.65. The summed E-state index contributed by atoms with van der Waals surface area (Å²) in [5, 5.41) is 12.7. The summed E-state index contributed by atoms with van der Waals surface area (Å²) >= 11 is 0. The molecule has 6 nitrogen and oxygen atoms in total. The van der Waals surface area contributed by atoms with E-state index in [-0.39, 0.29) is 12.0 Å². The molecule has 1 heterocycles. The molecule has 0 aliphatic rings. The van der Waals surface area contributed by atoms with Crippen LogP contribution >= 0.6 is 0 Å². The van der Waals surface area contributed by atoms with E-state index >= 15 is 0 Å². The van der Waals surface area contributed by atoms with Gasteiger partial charge in [0.05, 0.1) is 6.10 Å². The number of hydrogen-bond acceptors (Lipinski definition) is 6. The lowest BCUT2D eigenvalue weighted by Gasteiger charge is -2.16. The third-order valence-electron chi connectivity index (χ3n) is 2.79. The van der Waals surface area contributed by atoms with Crippen LogP contribution in [0.2, 0.25) is 0 Å². The summed E-state index contributed by atoms with van der Waals surface area (Å²) in [7, 11) is 0. The minimum absolute atomic E-state index is 0.217. The van der Waals surface area contributed by atoms with Crippen LogP contribution in [0, 0.1) is 6.92 Å². The maximum Gasteiger partial charge on any atom is 0.148 e. The topological polar surface area (TPSA) is 96.1 Å². The number of aliphatic hydroxyl groups excluding tert-OH is 1. The van der Waals surface area contributed by atoms with E-state index in [0.717, 1.165) is 11.4 Å². The van der Waals surface area contributed by atoms with Crippen molar-refractivity contribution in [1.82, 2.24) is 9.97 Å². The molecule has 5 N–H and O–H groups in total. The molecule has 0 bridgehead atoms. The first-order valence-electron chi connectivity index (χ1n) is 6.26. The SMILES string of the molecule is CCC(O)CNc1nc(C(C)C)nc(NN)c1C. The van der Waals surface area contributed by atoms with Crippen molar-refractivity contribution < 1.29 is 5.11 Å². The van der Waals surface area contributed by atoms with Gasteiger partial charge in [-0.25, -0.2) is 15.8 Å². The van der Waals surface area contributed by atoms with Gasteiger partial charge in [0.25, 0.3) is 0 Å². The van der Waals surface area contributed by atoms with Crippen LogP contribution < -0.4 is 16.6 Å². The molecule has 18 heavy (non-hydrogen) atoms. The lowest BCUT2D eigenvalue weighted by molar-refractivity contribution is 0.183. The van der Waals surface area contributed by atoms with E-state index in [9.17, 15) is 5.11 Å². The van der Waals surface area contributed by atoms with Crippen molar-refractivity contribution in [2.45, 2.75) is 46.1 Å². The van der Waals surface area contributed by atoms with Crippen LogP contribution in [0.5, 0.6) is 0 Å². The number of hydrogen-bond donors (Lipinski definition) is 4. The zero-order chi connectivity index (χ0) is 13.7. The summed E-state index contributed by atoms with van der Waals surface area (Å²) in [6.45, 7) is 8.34. The molecule has 0 aliphatic carbocycles. The largest absolute Gasteiger partial charge is 0.391 e. The Bertz CT molecular complexity index is 394. The molecule has 0 saturated carbocycles. The number of nitrogens with zero attached hydrogens (tertiary/aromatic N) is 2. The van der Waals surface area contributed by atoms with Gasteiger partial charge in [0.15, 0.2) is 0 Å². The normalized spacial score (nSPS) is 12.6. The first kappa shape index (κ1) is 14.7. The second kappa shape index (κ2) is 6.51. The van der Waals surface area contributed by atoms with E-state index in [2.05, 4.69) is 20.7 Å². The zero-order valence-electron chi connectivity index (χ0n) is 11.5. The number of rotatable bonds is 6. The Hall–Kier alpha value is -1.40. The van der Waals surface area contributed by atoms with Crippen molar-refractivity contribution in [3.63, 3.8) is 0 Å². The van der Waals surface area contributed by atoms with Crippen molar-refractivity contribution in [1.29, 1.82) is 0 Å². The van der Waals surface area contributed by atoms with Crippen LogP contribution in [-0.2, 0) is 0 Å². The van der Waals surface area contributed by atoms with Gasteiger partial charge < -0.3 is 15.8 Å². The van der Waals surface area contributed by atoms with E-state index in [0.29, 0.717) is 24.6 Å². The van der Waals surface area contributed by atoms with E-state index in [1.807, 2.05) is 27.7 Å². The van der Waals surface area contributed by atoms with Gasteiger partial charge in [-0.2, -0.15) is 0 Å². The smallest absolute Gasteiger partial charge is 0.148 e. The Balaban J connectivity index is 2.97. The Labute approximate surface area is 108 Å². The summed E-state index contributed by atoms with van der Waals surface area (Å²) in [4.78, 5) is 8.81. The highest BCUT2D eigenvalue weighted by atomic mass is 16.3. The maximum absolute atomic E-state index is 9.57. The quantitative estimate of drug-likeness (QED) is 0.452. The molecule has 1 rings (SSSR count). The molecule has 1 aromatic rings. The average Bonchev–Trinajstić information content (AvgIpc) is 2.36. The zero-order valence-corrected chi connectivity index (χ0v) is 11.5. The number of aliphatic hydroxyl groups is 1. The number of nitrogen functional groups attached to an aromatic ring is 1. The molecule has 0 amide bonds.